The molecule has 0 bridgehead atoms. The Morgan fingerprint density at radius 1 is 1.33 bits per heavy atom. The van der Waals surface area contributed by atoms with Crippen molar-refractivity contribution < 1.29 is 4.79 Å². The number of nitrogens with zero attached hydrogens (tertiary/aromatic N) is 2. The number of anilines is 1. The number of carbonyl (C=O) groups excluding carboxylic acids is 1. The van der Waals surface area contributed by atoms with E-state index >= 15 is 0 Å². The predicted octanol–water partition coefficient (Wildman–Crippen LogP) is 1.98. The van der Waals surface area contributed by atoms with Gasteiger partial charge in [-0.1, -0.05) is 24.0 Å². The highest BCUT2D eigenvalue weighted by molar-refractivity contribution is 6.05. The topological polar surface area (TPSA) is 59.2 Å². The van der Waals surface area contributed by atoms with Crippen molar-refractivity contribution >= 4 is 11.6 Å². The largest absolute Gasteiger partial charge is 0.320 e. The molecule has 0 fully saturated rings. The van der Waals surface area contributed by atoms with E-state index in [4.69, 9.17) is 5.73 Å². The Bertz CT molecular complexity index is 713. The third-order valence-corrected chi connectivity index (χ3v) is 3.03. The van der Waals surface area contributed by atoms with Gasteiger partial charge in [0.2, 0.25) is 0 Å². The van der Waals surface area contributed by atoms with Crippen molar-refractivity contribution in [2.24, 2.45) is 5.73 Å². The lowest BCUT2D eigenvalue weighted by molar-refractivity contribution is 0.0988. The van der Waals surface area contributed by atoms with Crippen LogP contribution in [0, 0.1) is 18.8 Å². The van der Waals surface area contributed by atoms with Crippen LogP contribution in [-0.2, 0) is 0 Å². The number of hydrogen-bond acceptors (Lipinski definition) is 3. The zero-order valence-corrected chi connectivity index (χ0v) is 12.1. The van der Waals surface area contributed by atoms with Gasteiger partial charge in [-0.3, -0.25) is 4.79 Å². The molecule has 1 aromatic heterocycles. The van der Waals surface area contributed by atoms with Gasteiger partial charge in [0, 0.05) is 18.9 Å². The number of carbonyl (C=O) groups is 1. The van der Waals surface area contributed by atoms with Crippen molar-refractivity contribution in [1.29, 1.82) is 0 Å². The minimum atomic E-state index is -0.192. The Morgan fingerprint density at radius 3 is 2.86 bits per heavy atom. The lowest BCUT2D eigenvalue weighted by Gasteiger charge is -2.18. The Hall–Kier alpha value is -2.64. The molecule has 0 spiro atoms. The molecule has 1 aromatic carbocycles. The molecule has 0 atom stereocenters. The van der Waals surface area contributed by atoms with E-state index in [1.54, 1.807) is 30.3 Å². The summed E-state index contributed by atoms with van der Waals surface area (Å²) in [6, 6.07) is 11.3. The second-order valence-corrected chi connectivity index (χ2v) is 4.61. The van der Waals surface area contributed by atoms with Gasteiger partial charge in [-0.2, -0.15) is 0 Å². The number of rotatable bonds is 2. The van der Waals surface area contributed by atoms with Crippen LogP contribution in [0.2, 0.25) is 0 Å². The van der Waals surface area contributed by atoms with E-state index in [9.17, 15) is 4.79 Å². The first-order valence-electron chi connectivity index (χ1n) is 6.62. The molecule has 4 heteroatoms. The van der Waals surface area contributed by atoms with Crippen LogP contribution in [0.5, 0.6) is 0 Å². The molecule has 0 saturated heterocycles. The Labute approximate surface area is 124 Å². The molecule has 106 valence electrons. The predicted molar refractivity (Wildman–Crippen MR) is 84.1 cm³/mol. The maximum Gasteiger partial charge on any atom is 0.277 e. The summed E-state index contributed by atoms with van der Waals surface area (Å²) >= 11 is 0. The standard InChI is InChI=1S/C17H17N3O/c1-13-6-3-9-15(12-13)20(2)17(21)16-14(7-4-10-18)8-5-11-19-16/h3,5-6,8-9,11-12H,10,18H2,1-2H3. The molecule has 0 aliphatic carbocycles. The number of nitrogens with two attached hydrogens (primary N) is 1. The zero-order valence-electron chi connectivity index (χ0n) is 12.1. The average molecular weight is 279 g/mol. The third-order valence-electron chi connectivity index (χ3n) is 3.03. The number of amides is 1. The van der Waals surface area contributed by atoms with E-state index in [2.05, 4.69) is 16.8 Å². The fraction of sp³-hybridized carbons (Fsp3) is 0.176. The highest BCUT2D eigenvalue weighted by Crippen LogP contribution is 2.17. The normalized spacial score (nSPS) is 9.67. The zero-order chi connectivity index (χ0) is 15.2. The van der Waals surface area contributed by atoms with Crippen LogP contribution in [0.4, 0.5) is 5.69 Å². The lowest BCUT2D eigenvalue weighted by Crippen LogP contribution is -2.28. The van der Waals surface area contributed by atoms with Gasteiger partial charge in [0.05, 0.1) is 12.1 Å². The van der Waals surface area contributed by atoms with Crippen molar-refractivity contribution in [3.05, 3.63) is 59.4 Å². The quantitative estimate of drug-likeness (QED) is 0.855. The van der Waals surface area contributed by atoms with Crippen molar-refractivity contribution in [2.45, 2.75) is 6.92 Å². The number of pyridine rings is 1. The molecule has 0 aliphatic heterocycles. The minimum absolute atomic E-state index is 0.192. The SMILES string of the molecule is Cc1cccc(N(C)C(=O)c2ncccc2C#CCN)c1. The minimum Gasteiger partial charge on any atom is -0.320 e. The average Bonchev–Trinajstić information content (AvgIpc) is 2.51. The highest BCUT2D eigenvalue weighted by Gasteiger charge is 2.17. The fourth-order valence-electron chi connectivity index (χ4n) is 1.94. The van der Waals surface area contributed by atoms with E-state index in [1.807, 2.05) is 31.2 Å². The summed E-state index contributed by atoms with van der Waals surface area (Å²) < 4.78 is 0. The smallest absolute Gasteiger partial charge is 0.277 e. The molecular formula is C17H17N3O. The van der Waals surface area contributed by atoms with Gasteiger partial charge < -0.3 is 10.6 Å². The van der Waals surface area contributed by atoms with Gasteiger partial charge in [-0.05, 0) is 36.8 Å². The number of aryl methyl sites for hydroxylation is 1. The van der Waals surface area contributed by atoms with Crippen LogP contribution in [0.25, 0.3) is 0 Å². The molecule has 2 aromatic rings. The van der Waals surface area contributed by atoms with Crippen LogP contribution in [0.15, 0.2) is 42.6 Å². The first-order chi connectivity index (χ1) is 10.1. The monoisotopic (exact) mass is 279 g/mol. The molecule has 0 unspecified atom stereocenters. The summed E-state index contributed by atoms with van der Waals surface area (Å²) in [5.74, 6) is 5.45. The summed E-state index contributed by atoms with van der Waals surface area (Å²) in [6.45, 7) is 2.23. The van der Waals surface area contributed by atoms with Crippen LogP contribution >= 0.6 is 0 Å². The Kier molecular flexibility index (Phi) is 4.70. The van der Waals surface area contributed by atoms with E-state index in [0.717, 1.165) is 11.3 Å². The first kappa shape index (κ1) is 14.8. The molecule has 4 nitrogen and oxygen atoms in total. The molecule has 0 saturated carbocycles. The van der Waals surface area contributed by atoms with Gasteiger partial charge in [-0.15, -0.1) is 0 Å². The van der Waals surface area contributed by atoms with E-state index in [-0.39, 0.29) is 12.5 Å². The number of aromatic nitrogens is 1. The molecule has 21 heavy (non-hydrogen) atoms. The van der Waals surface area contributed by atoms with E-state index in [1.165, 1.54) is 0 Å². The lowest BCUT2D eigenvalue weighted by atomic mass is 10.1. The number of benzene rings is 1. The maximum atomic E-state index is 12.6. The third kappa shape index (κ3) is 3.47. The first-order valence-corrected chi connectivity index (χ1v) is 6.62. The summed E-state index contributed by atoms with van der Waals surface area (Å²) in [6.07, 6.45) is 1.59. The Balaban J connectivity index is 2.36. The van der Waals surface area contributed by atoms with Crippen molar-refractivity contribution in [3.8, 4) is 11.8 Å². The highest BCUT2D eigenvalue weighted by atomic mass is 16.2. The van der Waals surface area contributed by atoms with Crippen molar-refractivity contribution in [3.63, 3.8) is 0 Å². The van der Waals surface area contributed by atoms with Crippen LogP contribution < -0.4 is 10.6 Å². The molecule has 1 amide bonds. The van der Waals surface area contributed by atoms with Crippen LogP contribution in [0.3, 0.4) is 0 Å². The molecule has 0 radical (unpaired) electrons. The Morgan fingerprint density at radius 2 is 2.14 bits per heavy atom. The van der Waals surface area contributed by atoms with Crippen molar-refractivity contribution in [2.75, 3.05) is 18.5 Å². The maximum absolute atomic E-state index is 12.6. The van der Waals surface area contributed by atoms with Crippen molar-refractivity contribution in [1.82, 2.24) is 4.98 Å². The molecule has 2 rings (SSSR count). The molecule has 0 aliphatic rings. The van der Waals surface area contributed by atoms with Crippen LogP contribution in [-0.4, -0.2) is 24.5 Å². The second-order valence-electron chi connectivity index (χ2n) is 4.61. The van der Waals surface area contributed by atoms with Gasteiger partial charge >= 0.3 is 0 Å². The van der Waals surface area contributed by atoms with Crippen LogP contribution in [0.1, 0.15) is 21.6 Å². The molecule has 1 heterocycles. The van der Waals surface area contributed by atoms with E-state index < -0.39 is 0 Å². The number of hydrogen-bond donors (Lipinski definition) is 1. The van der Waals surface area contributed by atoms with Gasteiger partial charge in [0.15, 0.2) is 0 Å². The summed E-state index contributed by atoms with van der Waals surface area (Å²) in [4.78, 5) is 18.3. The van der Waals surface area contributed by atoms with E-state index in [0.29, 0.717) is 11.3 Å². The van der Waals surface area contributed by atoms with Gasteiger partial charge in [0.1, 0.15) is 5.69 Å². The molecule has 2 N–H and O–H groups in total. The summed E-state index contributed by atoms with van der Waals surface area (Å²) in [5.41, 5.74) is 8.22. The summed E-state index contributed by atoms with van der Waals surface area (Å²) in [5, 5.41) is 0. The summed E-state index contributed by atoms with van der Waals surface area (Å²) in [7, 11) is 1.73. The fourth-order valence-corrected chi connectivity index (χ4v) is 1.94. The van der Waals surface area contributed by atoms with Gasteiger partial charge in [0.25, 0.3) is 5.91 Å². The molecular weight excluding hydrogens is 262 g/mol. The second kappa shape index (κ2) is 6.69. The van der Waals surface area contributed by atoms with Gasteiger partial charge in [-0.25, -0.2) is 4.98 Å².